The largest absolute Gasteiger partial charge is 0.372 e. The van der Waals surface area contributed by atoms with Gasteiger partial charge in [-0.2, -0.15) is 0 Å². The molecule has 1 fully saturated rings. The number of benzene rings is 1. The number of hydrogen-bond acceptors (Lipinski definition) is 2. The van der Waals surface area contributed by atoms with Crippen LogP contribution in [0, 0.1) is 0 Å². The Kier molecular flexibility index (Phi) is 5.70. The van der Waals surface area contributed by atoms with Gasteiger partial charge < -0.3 is 10.2 Å². The van der Waals surface area contributed by atoms with Crippen molar-refractivity contribution in [1.29, 1.82) is 0 Å². The summed E-state index contributed by atoms with van der Waals surface area (Å²) in [6.45, 7) is 2.30. The Bertz CT molecular complexity index is 399. The lowest BCUT2D eigenvalue weighted by Gasteiger charge is -2.17. The van der Waals surface area contributed by atoms with E-state index in [1.165, 1.54) is 18.5 Å². The number of amides is 1. The Morgan fingerprint density at radius 2 is 1.84 bits per heavy atom. The number of anilines is 2. The van der Waals surface area contributed by atoms with Gasteiger partial charge in [0.15, 0.2) is 0 Å². The lowest BCUT2D eigenvalue weighted by atomic mass is 10.2. The molecule has 0 unspecified atom stereocenters. The molecule has 1 amide bonds. The highest BCUT2D eigenvalue weighted by atomic mass is 79.9. The molecule has 0 radical (unpaired) electrons. The van der Waals surface area contributed by atoms with E-state index in [0.717, 1.165) is 36.9 Å². The van der Waals surface area contributed by atoms with Crippen molar-refractivity contribution in [3.8, 4) is 0 Å². The second kappa shape index (κ2) is 7.53. The molecular formula is C15H21BrN2O. The smallest absolute Gasteiger partial charge is 0.224 e. The second-order valence-electron chi connectivity index (χ2n) is 4.94. The third-order valence-corrected chi connectivity index (χ3v) is 3.97. The minimum absolute atomic E-state index is 0.106. The van der Waals surface area contributed by atoms with Crippen molar-refractivity contribution < 1.29 is 4.79 Å². The summed E-state index contributed by atoms with van der Waals surface area (Å²) in [6, 6.07) is 8.19. The number of rotatable bonds is 6. The van der Waals surface area contributed by atoms with Crippen LogP contribution in [-0.4, -0.2) is 24.3 Å². The number of halogens is 1. The van der Waals surface area contributed by atoms with Crippen LogP contribution in [0.3, 0.4) is 0 Å². The van der Waals surface area contributed by atoms with E-state index < -0.39 is 0 Å². The van der Waals surface area contributed by atoms with Gasteiger partial charge >= 0.3 is 0 Å². The number of unbranched alkanes of at least 4 members (excludes halogenated alkanes) is 1. The van der Waals surface area contributed by atoms with Crippen LogP contribution in [0.15, 0.2) is 24.3 Å². The van der Waals surface area contributed by atoms with E-state index in [1.54, 1.807) is 0 Å². The zero-order valence-corrected chi connectivity index (χ0v) is 12.8. The van der Waals surface area contributed by atoms with E-state index in [1.807, 2.05) is 12.1 Å². The van der Waals surface area contributed by atoms with Crippen molar-refractivity contribution in [2.24, 2.45) is 0 Å². The van der Waals surface area contributed by atoms with E-state index in [0.29, 0.717) is 6.42 Å². The minimum atomic E-state index is 0.106. The summed E-state index contributed by atoms with van der Waals surface area (Å²) in [5.41, 5.74) is 2.15. The summed E-state index contributed by atoms with van der Waals surface area (Å²) in [4.78, 5) is 14.1. The summed E-state index contributed by atoms with van der Waals surface area (Å²) in [5, 5.41) is 3.91. The van der Waals surface area contributed by atoms with E-state index >= 15 is 0 Å². The highest BCUT2D eigenvalue weighted by Crippen LogP contribution is 2.22. The molecule has 0 spiro atoms. The molecule has 19 heavy (non-hydrogen) atoms. The van der Waals surface area contributed by atoms with Gasteiger partial charge in [0, 0.05) is 36.2 Å². The molecule has 104 valence electrons. The monoisotopic (exact) mass is 324 g/mol. The van der Waals surface area contributed by atoms with Gasteiger partial charge in [-0.3, -0.25) is 4.79 Å². The fourth-order valence-electron chi connectivity index (χ4n) is 2.33. The van der Waals surface area contributed by atoms with Crippen LogP contribution >= 0.6 is 15.9 Å². The first kappa shape index (κ1) is 14.4. The number of carbonyl (C=O) groups excluding carboxylic acids is 1. The molecule has 1 aromatic carbocycles. The molecule has 1 saturated heterocycles. The molecule has 0 bridgehead atoms. The Balaban J connectivity index is 1.82. The third kappa shape index (κ3) is 4.53. The highest BCUT2D eigenvalue weighted by molar-refractivity contribution is 9.09. The molecule has 0 atom stereocenters. The van der Waals surface area contributed by atoms with Gasteiger partial charge in [-0.05, 0) is 49.9 Å². The average Bonchev–Trinajstić information content (AvgIpc) is 2.94. The zero-order chi connectivity index (χ0) is 13.5. The van der Waals surface area contributed by atoms with E-state index in [-0.39, 0.29) is 5.91 Å². The molecule has 1 heterocycles. The number of carbonyl (C=O) groups is 1. The second-order valence-corrected chi connectivity index (χ2v) is 5.73. The van der Waals surface area contributed by atoms with Gasteiger partial charge in [0.05, 0.1) is 0 Å². The molecule has 0 aliphatic carbocycles. The van der Waals surface area contributed by atoms with Crippen molar-refractivity contribution in [2.75, 3.05) is 28.6 Å². The normalized spacial score (nSPS) is 14.7. The van der Waals surface area contributed by atoms with Crippen molar-refractivity contribution in [2.45, 2.75) is 32.1 Å². The number of hydrogen-bond donors (Lipinski definition) is 1. The molecule has 1 aromatic rings. The van der Waals surface area contributed by atoms with Gasteiger partial charge in [0.1, 0.15) is 0 Å². The molecule has 0 aromatic heterocycles. The number of nitrogens with one attached hydrogen (secondary N) is 1. The first-order valence-corrected chi connectivity index (χ1v) is 8.12. The van der Waals surface area contributed by atoms with Crippen LogP contribution in [0.25, 0.3) is 0 Å². The maximum Gasteiger partial charge on any atom is 0.224 e. The van der Waals surface area contributed by atoms with E-state index in [4.69, 9.17) is 0 Å². The molecule has 4 heteroatoms. The van der Waals surface area contributed by atoms with E-state index in [9.17, 15) is 4.79 Å². The van der Waals surface area contributed by atoms with Crippen molar-refractivity contribution in [3.05, 3.63) is 24.3 Å². The van der Waals surface area contributed by atoms with Gasteiger partial charge in [0.2, 0.25) is 5.91 Å². The maximum absolute atomic E-state index is 11.7. The molecule has 1 aliphatic heterocycles. The molecule has 2 rings (SSSR count). The lowest BCUT2D eigenvalue weighted by Crippen LogP contribution is -2.17. The Hall–Kier alpha value is -1.03. The Morgan fingerprint density at radius 3 is 2.47 bits per heavy atom. The summed E-state index contributed by atoms with van der Waals surface area (Å²) >= 11 is 3.37. The quantitative estimate of drug-likeness (QED) is 0.637. The lowest BCUT2D eigenvalue weighted by molar-refractivity contribution is -0.116. The fourth-order valence-corrected chi connectivity index (χ4v) is 2.73. The first-order valence-electron chi connectivity index (χ1n) is 7.00. The molecule has 1 N–H and O–H groups in total. The Labute approximate surface area is 123 Å². The van der Waals surface area contributed by atoms with Crippen molar-refractivity contribution in [3.63, 3.8) is 0 Å². The predicted molar refractivity (Wildman–Crippen MR) is 84.2 cm³/mol. The molecule has 0 saturated carbocycles. The van der Waals surface area contributed by atoms with Crippen LogP contribution in [0.1, 0.15) is 32.1 Å². The van der Waals surface area contributed by atoms with Gasteiger partial charge in [-0.25, -0.2) is 0 Å². The van der Waals surface area contributed by atoms with Gasteiger partial charge in [-0.1, -0.05) is 15.9 Å². The highest BCUT2D eigenvalue weighted by Gasteiger charge is 2.11. The zero-order valence-electron chi connectivity index (χ0n) is 11.2. The van der Waals surface area contributed by atoms with Crippen molar-refractivity contribution in [1.82, 2.24) is 0 Å². The van der Waals surface area contributed by atoms with Crippen LogP contribution < -0.4 is 10.2 Å². The summed E-state index contributed by atoms with van der Waals surface area (Å²) in [6.07, 6.45) is 5.14. The summed E-state index contributed by atoms with van der Waals surface area (Å²) in [7, 11) is 0. The van der Waals surface area contributed by atoms with Gasteiger partial charge in [-0.15, -0.1) is 0 Å². The predicted octanol–water partition coefficient (Wildman–Crippen LogP) is 3.79. The first-order chi connectivity index (χ1) is 9.29. The molecule has 1 aliphatic rings. The van der Waals surface area contributed by atoms with Crippen LogP contribution in [0.5, 0.6) is 0 Å². The van der Waals surface area contributed by atoms with Crippen molar-refractivity contribution >= 4 is 33.2 Å². The summed E-state index contributed by atoms with van der Waals surface area (Å²) < 4.78 is 0. The standard InChI is InChI=1S/C15H21BrN2O/c16-10-2-1-5-15(19)17-13-6-8-14(9-7-13)18-11-3-4-12-18/h6-9H,1-5,10-12H2,(H,17,19). The third-order valence-electron chi connectivity index (χ3n) is 3.41. The van der Waals surface area contributed by atoms with Crippen LogP contribution in [-0.2, 0) is 4.79 Å². The summed E-state index contributed by atoms with van der Waals surface area (Å²) in [5.74, 6) is 0.106. The topological polar surface area (TPSA) is 32.3 Å². The van der Waals surface area contributed by atoms with Crippen LogP contribution in [0.2, 0.25) is 0 Å². The minimum Gasteiger partial charge on any atom is -0.372 e. The van der Waals surface area contributed by atoms with Gasteiger partial charge in [0.25, 0.3) is 0 Å². The SMILES string of the molecule is O=C(CCCCBr)Nc1ccc(N2CCCC2)cc1. The Morgan fingerprint density at radius 1 is 1.16 bits per heavy atom. The van der Waals surface area contributed by atoms with Crippen LogP contribution in [0.4, 0.5) is 11.4 Å². The number of alkyl halides is 1. The molecule has 3 nitrogen and oxygen atoms in total. The maximum atomic E-state index is 11.7. The number of nitrogens with zero attached hydrogens (tertiary/aromatic N) is 1. The fraction of sp³-hybridized carbons (Fsp3) is 0.533. The average molecular weight is 325 g/mol. The van der Waals surface area contributed by atoms with E-state index in [2.05, 4.69) is 38.3 Å². The molecular weight excluding hydrogens is 304 g/mol.